The molecule has 2 heterocycles. The van der Waals surface area contributed by atoms with Crippen LogP contribution >= 0.6 is 0 Å². The van der Waals surface area contributed by atoms with E-state index in [0.717, 1.165) is 21.4 Å². The van der Waals surface area contributed by atoms with Gasteiger partial charge in [-0.1, -0.05) is 18.2 Å². The Morgan fingerprint density at radius 2 is 1.86 bits per heavy atom. The van der Waals surface area contributed by atoms with Gasteiger partial charge in [0.1, 0.15) is 18.4 Å². The number of anilines is 1. The van der Waals surface area contributed by atoms with Crippen molar-refractivity contribution >= 4 is 34.4 Å². The summed E-state index contributed by atoms with van der Waals surface area (Å²) in [6, 6.07) is 11.6. The summed E-state index contributed by atoms with van der Waals surface area (Å²) in [6.07, 6.45) is 2.14. The molecule has 1 atom stereocenters. The number of hydrogen-bond donors (Lipinski definition) is 3. The summed E-state index contributed by atoms with van der Waals surface area (Å²) < 4.78 is 12.9. The van der Waals surface area contributed by atoms with Gasteiger partial charge in [0, 0.05) is 29.2 Å². The minimum atomic E-state index is -0.731. The van der Waals surface area contributed by atoms with Crippen LogP contribution in [-0.4, -0.2) is 40.3 Å². The zero-order valence-electron chi connectivity index (χ0n) is 14.7. The van der Waals surface area contributed by atoms with Gasteiger partial charge in [0.25, 0.3) is 5.91 Å². The largest absolute Gasteiger partial charge is 0.361 e. The van der Waals surface area contributed by atoms with E-state index in [4.69, 9.17) is 0 Å². The van der Waals surface area contributed by atoms with Crippen molar-refractivity contribution in [2.75, 3.05) is 11.9 Å². The van der Waals surface area contributed by atoms with Crippen LogP contribution in [-0.2, 0) is 16.0 Å². The van der Waals surface area contributed by atoms with Crippen molar-refractivity contribution in [2.24, 2.45) is 0 Å². The van der Waals surface area contributed by atoms with Gasteiger partial charge in [0.2, 0.25) is 5.91 Å². The Morgan fingerprint density at radius 1 is 1.11 bits per heavy atom. The monoisotopic (exact) mass is 380 g/mol. The Bertz CT molecular complexity index is 1060. The van der Waals surface area contributed by atoms with Gasteiger partial charge in [-0.2, -0.15) is 0 Å². The SMILES string of the molecule is O=C(CN1C(=O)N[C@@H](Cc2c[nH]c3ccccc23)C1=O)Nc1ccc(F)cc1. The first-order chi connectivity index (χ1) is 13.5. The number of aromatic amines is 1. The van der Waals surface area contributed by atoms with Crippen molar-refractivity contribution in [3.8, 4) is 0 Å². The third-order valence-corrected chi connectivity index (χ3v) is 4.64. The lowest BCUT2D eigenvalue weighted by atomic mass is 10.1. The fraction of sp³-hybridized carbons (Fsp3) is 0.150. The Labute approximate surface area is 159 Å². The van der Waals surface area contributed by atoms with Crippen molar-refractivity contribution in [3.63, 3.8) is 0 Å². The number of imide groups is 1. The van der Waals surface area contributed by atoms with Crippen LogP contribution in [0.4, 0.5) is 14.9 Å². The standard InChI is InChI=1S/C20H17FN4O3/c21-13-5-7-14(8-6-13)23-18(26)11-25-19(27)17(24-20(25)28)9-12-10-22-16-4-2-1-3-15(12)16/h1-8,10,17,22H,9,11H2,(H,23,26)(H,24,28)/t17-/m0/s1. The number of urea groups is 1. The molecule has 0 saturated carbocycles. The Hall–Kier alpha value is -3.68. The summed E-state index contributed by atoms with van der Waals surface area (Å²) in [4.78, 5) is 41.0. The summed E-state index contributed by atoms with van der Waals surface area (Å²) in [5, 5.41) is 6.15. The average Bonchev–Trinajstić information content (AvgIpc) is 3.20. The van der Waals surface area contributed by atoms with Crippen LogP contribution in [0.5, 0.6) is 0 Å². The Balaban J connectivity index is 1.42. The number of amides is 4. The molecule has 1 fully saturated rings. The molecule has 0 unspecified atom stereocenters. The molecular weight excluding hydrogens is 363 g/mol. The fourth-order valence-corrected chi connectivity index (χ4v) is 3.26. The summed E-state index contributed by atoms with van der Waals surface area (Å²) in [7, 11) is 0. The van der Waals surface area contributed by atoms with E-state index in [-0.39, 0.29) is 0 Å². The number of carbonyl (C=O) groups excluding carboxylic acids is 3. The highest BCUT2D eigenvalue weighted by Crippen LogP contribution is 2.21. The second-order valence-electron chi connectivity index (χ2n) is 6.55. The van der Waals surface area contributed by atoms with Crippen LogP contribution in [0.25, 0.3) is 10.9 Å². The van der Waals surface area contributed by atoms with Crippen molar-refractivity contribution in [3.05, 3.63) is 66.1 Å². The van der Waals surface area contributed by atoms with Gasteiger partial charge in [0.15, 0.2) is 0 Å². The molecule has 1 saturated heterocycles. The van der Waals surface area contributed by atoms with E-state index in [1.807, 2.05) is 30.5 Å². The van der Waals surface area contributed by atoms with E-state index >= 15 is 0 Å². The predicted molar refractivity (Wildman–Crippen MR) is 101 cm³/mol. The molecule has 4 rings (SSSR count). The number of carbonyl (C=O) groups is 3. The highest BCUT2D eigenvalue weighted by molar-refractivity contribution is 6.08. The lowest BCUT2D eigenvalue weighted by Crippen LogP contribution is -2.38. The number of halogens is 1. The van der Waals surface area contributed by atoms with Crippen LogP contribution in [0.15, 0.2) is 54.7 Å². The minimum Gasteiger partial charge on any atom is -0.361 e. The Kier molecular flexibility index (Phi) is 4.52. The fourth-order valence-electron chi connectivity index (χ4n) is 3.26. The summed E-state index contributed by atoms with van der Waals surface area (Å²) in [5.41, 5.74) is 2.24. The lowest BCUT2D eigenvalue weighted by molar-refractivity contribution is -0.130. The number of para-hydroxylation sites is 1. The number of rotatable bonds is 5. The van der Waals surface area contributed by atoms with Crippen molar-refractivity contribution in [1.29, 1.82) is 0 Å². The summed E-state index contributed by atoms with van der Waals surface area (Å²) >= 11 is 0. The number of benzene rings is 2. The second kappa shape index (κ2) is 7.15. The topological polar surface area (TPSA) is 94.3 Å². The summed E-state index contributed by atoms with van der Waals surface area (Å²) in [6.45, 7) is -0.410. The molecule has 7 nitrogen and oxygen atoms in total. The average molecular weight is 380 g/mol. The molecule has 142 valence electrons. The zero-order valence-corrected chi connectivity index (χ0v) is 14.7. The van der Waals surface area contributed by atoms with Crippen LogP contribution in [0.2, 0.25) is 0 Å². The van der Waals surface area contributed by atoms with Gasteiger partial charge in [-0.15, -0.1) is 0 Å². The van der Waals surface area contributed by atoms with Crippen LogP contribution < -0.4 is 10.6 Å². The molecular formula is C20H17FN4O3. The molecule has 1 aliphatic heterocycles. The van der Waals surface area contributed by atoms with Crippen molar-refractivity contribution in [1.82, 2.24) is 15.2 Å². The maximum Gasteiger partial charge on any atom is 0.325 e. The van der Waals surface area contributed by atoms with Crippen LogP contribution in [0, 0.1) is 5.82 Å². The van der Waals surface area contributed by atoms with Gasteiger partial charge in [0.05, 0.1) is 0 Å². The van der Waals surface area contributed by atoms with Gasteiger partial charge in [-0.25, -0.2) is 9.18 Å². The molecule has 0 spiro atoms. The quantitative estimate of drug-likeness (QED) is 0.594. The van der Waals surface area contributed by atoms with Crippen LogP contribution in [0.1, 0.15) is 5.56 Å². The van der Waals surface area contributed by atoms with Gasteiger partial charge in [-0.05, 0) is 35.9 Å². The normalized spacial score (nSPS) is 16.5. The van der Waals surface area contributed by atoms with Crippen LogP contribution in [0.3, 0.4) is 0 Å². The molecule has 28 heavy (non-hydrogen) atoms. The molecule has 0 aliphatic carbocycles. The predicted octanol–water partition coefficient (Wildman–Crippen LogP) is 2.41. The molecule has 8 heteroatoms. The molecule has 1 aromatic heterocycles. The van der Waals surface area contributed by atoms with Gasteiger partial charge >= 0.3 is 6.03 Å². The lowest BCUT2D eigenvalue weighted by Gasteiger charge is -2.13. The third-order valence-electron chi connectivity index (χ3n) is 4.64. The van der Waals surface area contributed by atoms with E-state index in [9.17, 15) is 18.8 Å². The molecule has 4 amide bonds. The highest BCUT2D eigenvalue weighted by Gasteiger charge is 2.39. The summed E-state index contributed by atoms with van der Waals surface area (Å²) in [5.74, 6) is -1.42. The number of nitrogens with zero attached hydrogens (tertiary/aromatic N) is 1. The van der Waals surface area contributed by atoms with Crippen molar-refractivity contribution < 1.29 is 18.8 Å². The number of H-pyrrole nitrogens is 1. The van der Waals surface area contributed by atoms with E-state index in [1.165, 1.54) is 24.3 Å². The van der Waals surface area contributed by atoms with E-state index in [1.54, 1.807) is 0 Å². The van der Waals surface area contributed by atoms with Gasteiger partial charge in [-0.3, -0.25) is 14.5 Å². The third kappa shape index (κ3) is 3.44. The smallest absolute Gasteiger partial charge is 0.325 e. The minimum absolute atomic E-state index is 0.324. The first kappa shape index (κ1) is 17.7. The molecule has 3 N–H and O–H groups in total. The van der Waals surface area contributed by atoms with E-state index in [0.29, 0.717) is 12.1 Å². The van der Waals surface area contributed by atoms with Crippen molar-refractivity contribution in [2.45, 2.75) is 12.5 Å². The number of aromatic nitrogens is 1. The van der Waals surface area contributed by atoms with Gasteiger partial charge < -0.3 is 15.6 Å². The number of nitrogens with one attached hydrogen (secondary N) is 3. The first-order valence-electron chi connectivity index (χ1n) is 8.73. The first-order valence-corrected chi connectivity index (χ1v) is 8.73. The second-order valence-corrected chi connectivity index (χ2v) is 6.55. The molecule has 0 radical (unpaired) electrons. The van der Waals surface area contributed by atoms with E-state index in [2.05, 4.69) is 15.6 Å². The zero-order chi connectivity index (χ0) is 19.7. The Morgan fingerprint density at radius 3 is 2.64 bits per heavy atom. The number of hydrogen-bond acceptors (Lipinski definition) is 3. The maximum atomic E-state index is 12.9. The highest BCUT2D eigenvalue weighted by atomic mass is 19.1. The maximum absolute atomic E-state index is 12.9. The molecule has 3 aromatic rings. The molecule has 2 aromatic carbocycles. The number of fused-ring (bicyclic) bond motifs is 1. The molecule has 0 bridgehead atoms. The van der Waals surface area contributed by atoms with E-state index < -0.39 is 36.2 Å². The molecule has 1 aliphatic rings.